The lowest BCUT2D eigenvalue weighted by Gasteiger charge is -2.03. The summed E-state index contributed by atoms with van der Waals surface area (Å²) in [4.78, 5) is 4.89. The molecule has 0 amide bonds. The highest BCUT2D eigenvalue weighted by Gasteiger charge is 2.18. The Labute approximate surface area is 169 Å². The van der Waals surface area contributed by atoms with Crippen molar-refractivity contribution in [1.82, 2.24) is 4.98 Å². The third-order valence-electron chi connectivity index (χ3n) is 4.37. The van der Waals surface area contributed by atoms with E-state index in [2.05, 4.69) is 4.98 Å². The molecule has 0 saturated heterocycles. The second-order valence-electron chi connectivity index (χ2n) is 6.55. The zero-order valence-electron chi connectivity index (χ0n) is 15.8. The Hall–Kier alpha value is -3.38. The first-order valence-corrected chi connectivity index (χ1v) is 10.9. The molecule has 3 aromatic carbocycles. The quantitative estimate of drug-likeness (QED) is 0.452. The maximum Gasteiger partial charge on any atom is 0.233 e. The van der Waals surface area contributed by atoms with Gasteiger partial charge in [0.2, 0.25) is 5.89 Å². The van der Waals surface area contributed by atoms with Crippen LogP contribution in [0.15, 0.2) is 94.2 Å². The number of oxazole rings is 1. The SMILES string of the molecule is CS(=O)(=O)c1ccc(-c2nc(COc3ccccc3)oc2-c2ccccc2)cc1. The predicted octanol–water partition coefficient (Wildman–Crippen LogP) is 4.99. The molecule has 4 rings (SSSR count). The lowest BCUT2D eigenvalue weighted by atomic mass is 10.1. The van der Waals surface area contributed by atoms with Gasteiger partial charge in [0.15, 0.2) is 22.2 Å². The van der Waals surface area contributed by atoms with E-state index in [0.29, 0.717) is 17.3 Å². The molecule has 1 aromatic heterocycles. The summed E-state index contributed by atoms with van der Waals surface area (Å²) in [6, 6.07) is 25.7. The second-order valence-corrected chi connectivity index (χ2v) is 8.57. The minimum Gasteiger partial charge on any atom is -0.484 e. The summed E-state index contributed by atoms with van der Waals surface area (Å²) in [6.07, 6.45) is 1.19. The first kappa shape index (κ1) is 19.0. The highest BCUT2D eigenvalue weighted by Crippen LogP contribution is 2.33. The summed E-state index contributed by atoms with van der Waals surface area (Å²) in [7, 11) is -3.26. The molecule has 0 N–H and O–H groups in total. The van der Waals surface area contributed by atoms with Crippen LogP contribution < -0.4 is 4.74 Å². The van der Waals surface area contributed by atoms with Gasteiger partial charge in [-0.3, -0.25) is 0 Å². The van der Waals surface area contributed by atoms with Crippen molar-refractivity contribution in [2.45, 2.75) is 11.5 Å². The van der Waals surface area contributed by atoms with Crippen molar-refractivity contribution in [1.29, 1.82) is 0 Å². The van der Waals surface area contributed by atoms with Crippen LogP contribution in [0, 0.1) is 0 Å². The summed E-state index contributed by atoms with van der Waals surface area (Å²) in [5.41, 5.74) is 2.29. The van der Waals surface area contributed by atoms with E-state index in [1.54, 1.807) is 24.3 Å². The van der Waals surface area contributed by atoms with Crippen molar-refractivity contribution in [2.75, 3.05) is 6.26 Å². The molecule has 0 radical (unpaired) electrons. The Bertz CT molecular complexity index is 1200. The fourth-order valence-electron chi connectivity index (χ4n) is 2.93. The van der Waals surface area contributed by atoms with Crippen LogP contribution in [0.4, 0.5) is 0 Å². The van der Waals surface area contributed by atoms with Crippen LogP contribution in [0.5, 0.6) is 5.75 Å². The molecule has 6 heteroatoms. The number of nitrogens with zero attached hydrogens (tertiary/aromatic N) is 1. The van der Waals surface area contributed by atoms with Gasteiger partial charge in [0.1, 0.15) is 11.4 Å². The average Bonchev–Trinajstić information content (AvgIpc) is 3.17. The van der Waals surface area contributed by atoms with Gasteiger partial charge >= 0.3 is 0 Å². The molecule has 0 unspecified atom stereocenters. The van der Waals surface area contributed by atoms with E-state index in [0.717, 1.165) is 16.9 Å². The standard InChI is InChI=1S/C23H19NO4S/c1-29(25,26)20-14-12-17(13-15-20)22-23(18-8-4-2-5-9-18)28-21(24-22)16-27-19-10-6-3-7-11-19/h2-15H,16H2,1H3. The van der Waals surface area contributed by atoms with Gasteiger partial charge in [0.25, 0.3) is 0 Å². The first-order valence-electron chi connectivity index (χ1n) is 9.04. The highest BCUT2D eigenvalue weighted by atomic mass is 32.2. The Morgan fingerprint density at radius 2 is 1.45 bits per heavy atom. The Kier molecular flexibility index (Phi) is 5.18. The van der Waals surface area contributed by atoms with Gasteiger partial charge in [0, 0.05) is 17.4 Å². The average molecular weight is 405 g/mol. The number of benzene rings is 3. The number of aromatic nitrogens is 1. The number of ether oxygens (including phenoxy) is 1. The van der Waals surface area contributed by atoms with E-state index in [1.165, 1.54) is 6.26 Å². The van der Waals surface area contributed by atoms with Gasteiger partial charge in [-0.2, -0.15) is 0 Å². The zero-order chi connectivity index (χ0) is 20.3. The molecule has 0 aliphatic rings. The molecule has 146 valence electrons. The first-order chi connectivity index (χ1) is 14.0. The highest BCUT2D eigenvalue weighted by molar-refractivity contribution is 7.90. The lowest BCUT2D eigenvalue weighted by Crippen LogP contribution is -1.97. The van der Waals surface area contributed by atoms with E-state index in [-0.39, 0.29) is 11.5 Å². The summed E-state index contributed by atoms with van der Waals surface area (Å²) in [5, 5.41) is 0. The number of para-hydroxylation sites is 1. The maximum atomic E-state index is 11.7. The van der Waals surface area contributed by atoms with Crippen LogP contribution in [0.25, 0.3) is 22.6 Å². The molecule has 0 saturated carbocycles. The van der Waals surface area contributed by atoms with E-state index >= 15 is 0 Å². The zero-order valence-corrected chi connectivity index (χ0v) is 16.6. The summed E-state index contributed by atoms with van der Waals surface area (Å²) < 4.78 is 35.3. The van der Waals surface area contributed by atoms with Crippen LogP contribution >= 0.6 is 0 Å². The maximum absolute atomic E-state index is 11.7. The van der Waals surface area contributed by atoms with Gasteiger partial charge in [0.05, 0.1) is 4.90 Å². The molecular formula is C23H19NO4S. The third kappa shape index (κ3) is 4.38. The molecule has 0 atom stereocenters. The molecule has 0 spiro atoms. The van der Waals surface area contributed by atoms with Gasteiger partial charge in [-0.1, -0.05) is 60.7 Å². The normalized spacial score (nSPS) is 11.3. The van der Waals surface area contributed by atoms with Crippen LogP contribution in [0.2, 0.25) is 0 Å². The van der Waals surface area contributed by atoms with E-state index in [4.69, 9.17) is 9.15 Å². The van der Waals surface area contributed by atoms with Crippen LogP contribution in [-0.2, 0) is 16.4 Å². The van der Waals surface area contributed by atoms with E-state index in [1.807, 2.05) is 60.7 Å². The van der Waals surface area contributed by atoms with Gasteiger partial charge in [-0.05, 0) is 24.3 Å². The van der Waals surface area contributed by atoms with Gasteiger partial charge in [-0.25, -0.2) is 13.4 Å². The molecule has 4 aromatic rings. The molecule has 0 aliphatic heterocycles. The number of sulfone groups is 1. The lowest BCUT2D eigenvalue weighted by molar-refractivity contribution is 0.264. The molecule has 5 nitrogen and oxygen atoms in total. The monoisotopic (exact) mass is 405 g/mol. The summed E-state index contributed by atoms with van der Waals surface area (Å²) >= 11 is 0. The van der Waals surface area contributed by atoms with Crippen molar-refractivity contribution in [3.63, 3.8) is 0 Å². The molecule has 29 heavy (non-hydrogen) atoms. The summed E-state index contributed by atoms with van der Waals surface area (Å²) in [6.45, 7) is 0.186. The topological polar surface area (TPSA) is 69.4 Å². The minimum absolute atomic E-state index is 0.186. The van der Waals surface area contributed by atoms with Crippen molar-refractivity contribution >= 4 is 9.84 Å². The fourth-order valence-corrected chi connectivity index (χ4v) is 3.56. The van der Waals surface area contributed by atoms with Crippen LogP contribution in [0.1, 0.15) is 5.89 Å². The minimum atomic E-state index is -3.26. The smallest absolute Gasteiger partial charge is 0.233 e. The van der Waals surface area contributed by atoms with Gasteiger partial charge in [-0.15, -0.1) is 0 Å². The largest absolute Gasteiger partial charge is 0.484 e. The van der Waals surface area contributed by atoms with Crippen LogP contribution in [0.3, 0.4) is 0 Å². The van der Waals surface area contributed by atoms with Crippen molar-refractivity contribution < 1.29 is 17.6 Å². The van der Waals surface area contributed by atoms with Crippen LogP contribution in [-0.4, -0.2) is 19.7 Å². The van der Waals surface area contributed by atoms with E-state index < -0.39 is 9.84 Å². The Morgan fingerprint density at radius 1 is 0.828 bits per heavy atom. The molecule has 1 heterocycles. The molecular weight excluding hydrogens is 386 g/mol. The molecule has 0 aliphatic carbocycles. The molecule has 0 fully saturated rings. The predicted molar refractivity (Wildman–Crippen MR) is 111 cm³/mol. The number of hydrogen-bond acceptors (Lipinski definition) is 5. The van der Waals surface area contributed by atoms with Gasteiger partial charge < -0.3 is 9.15 Å². The Morgan fingerprint density at radius 3 is 2.07 bits per heavy atom. The Balaban J connectivity index is 1.70. The summed E-state index contributed by atoms with van der Waals surface area (Å²) in [5.74, 6) is 1.78. The molecule has 0 bridgehead atoms. The van der Waals surface area contributed by atoms with Crippen molar-refractivity contribution in [2.24, 2.45) is 0 Å². The number of rotatable bonds is 6. The van der Waals surface area contributed by atoms with Crippen molar-refractivity contribution in [3.05, 3.63) is 90.8 Å². The fraction of sp³-hybridized carbons (Fsp3) is 0.0870. The van der Waals surface area contributed by atoms with E-state index in [9.17, 15) is 8.42 Å². The second kappa shape index (κ2) is 7.93. The third-order valence-corrected chi connectivity index (χ3v) is 5.50. The number of hydrogen-bond donors (Lipinski definition) is 0. The van der Waals surface area contributed by atoms with Crippen molar-refractivity contribution in [3.8, 4) is 28.3 Å².